The van der Waals surface area contributed by atoms with E-state index in [0.29, 0.717) is 5.69 Å². The second-order valence-corrected chi connectivity index (χ2v) is 3.76. The number of methoxy groups -OCH3 is 1. The lowest BCUT2D eigenvalue weighted by Crippen LogP contribution is -2.32. The first-order valence-electron chi connectivity index (χ1n) is 5.45. The molecular weight excluding hydrogens is 236 g/mol. The normalized spacial score (nSPS) is 11.7. The fraction of sp³-hybridized carbons (Fsp3) is 0.333. The molecule has 6 nitrogen and oxygen atoms in total. The summed E-state index contributed by atoms with van der Waals surface area (Å²) in [6, 6.07) is 5.30. The zero-order chi connectivity index (χ0) is 13.5. The second-order valence-electron chi connectivity index (χ2n) is 3.76. The zero-order valence-corrected chi connectivity index (χ0v) is 10.1. The van der Waals surface area contributed by atoms with Crippen molar-refractivity contribution in [1.29, 1.82) is 0 Å². The van der Waals surface area contributed by atoms with Crippen molar-refractivity contribution in [3.63, 3.8) is 0 Å². The van der Waals surface area contributed by atoms with Gasteiger partial charge in [0.2, 0.25) is 5.91 Å². The summed E-state index contributed by atoms with van der Waals surface area (Å²) in [4.78, 5) is 22.5. The molecule has 0 bridgehead atoms. The van der Waals surface area contributed by atoms with Crippen LogP contribution in [0.5, 0.6) is 5.75 Å². The predicted molar refractivity (Wildman–Crippen MR) is 66.0 cm³/mol. The number of anilines is 1. The van der Waals surface area contributed by atoms with Crippen LogP contribution >= 0.6 is 0 Å². The molecule has 98 valence electrons. The number of benzene rings is 1. The summed E-state index contributed by atoms with van der Waals surface area (Å²) in [6.45, 7) is 0. The van der Waals surface area contributed by atoms with E-state index < -0.39 is 12.0 Å². The van der Waals surface area contributed by atoms with Crippen LogP contribution in [0.15, 0.2) is 24.3 Å². The van der Waals surface area contributed by atoms with Crippen molar-refractivity contribution in [3.05, 3.63) is 24.3 Å². The molecule has 0 aliphatic rings. The maximum absolute atomic E-state index is 11.5. The van der Waals surface area contributed by atoms with Crippen LogP contribution in [0.3, 0.4) is 0 Å². The molecule has 0 aromatic heterocycles. The molecule has 1 rings (SSSR count). The Morgan fingerprint density at radius 1 is 1.39 bits per heavy atom. The third-order valence-corrected chi connectivity index (χ3v) is 2.34. The highest BCUT2D eigenvalue weighted by Gasteiger charge is 2.15. The highest BCUT2D eigenvalue weighted by molar-refractivity contribution is 5.91. The lowest BCUT2D eigenvalue weighted by atomic mass is 10.1. The number of hydrogen-bond donors (Lipinski definition) is 3. The minimum Gasteiger partial charge on any atom is -0.508 e. The summed E-state index contributed by atoms with van der Waals surface area (Å²) in [7, 11) is 1.25. The largest absolute Gasteiger partial charge is 0.508 e. The van der Waals surface area contributed by atoms with Crippen LogP contribution < -0.4 is 11.1 Å². The first-order chi connectivity index (χ1) is 8.52. The average Bonchev–Trinajstić information content (AvgIpc) is 2.37. The second kappa shape index (κ2) is 6.61. The van der Waals surface area contributed by atoms with Crippen molar-refractivity contribution < 1.29 is 19.4 Å². The monoisotopic (exact) mass is 252 g/mol. The standard InChI is InChI=1S/C12H16N2O4/c1-18-12(17)10(13)6-7-11(16)14-8-2-4-9(15)5-3-8/h2-5,10,15H,6-7,13H2,1H3,(H,14,16)/t10-/m0/s1. The van der Waals surface area contributed by atoms with Crippen molar-refractivity contribution in [2.45, 2.75) is 18.9 Å². The summed E-state index contributed by atoms with van der Waals surface area (Å²) in [6.07, 6.45) is 0.341. The number of phenols is 1. The van der Waals surface area contributed by atoms with E-state index >= 15 is 0 Å². The molecule has 1 amide bonds. The summed E-state index contributed by atoms with van der Waals surface area (Å²) < 4.78 is 4.45. The van der Waals surface area contributed by atoms with Gasteiger partial charge in [0.1, 0.15) is 11.8 Å². The first kappa shape index (κ1) is 14.0. The molecule has 1 aromatic rings. The Hall–Kier alpha value is -2.08. The highest BCUT2D eigenvalue weighted by Crippen LogP contribution is 2.14. The number of nitrogens with one attached hydrogen (secondary N) is 1. The number of rotatable bonds is 5. The van der Waals surface area contributed by atoms with Crippen molar-refractivity contribution in [2.75, 3.05) is 12.4 Å². The van der Waals surface area contributed by atoms with E-state index in [2.05, 4.69) is 10.1 Å². The van der Waals surface area contributed by atoms with Crippen LogP contribution in [0, 0.1) is 0 Å². The minimum absolute atomic E-state index is 0.122. The molecule has 1 atom stereocenters. The number of carbonyl (C=O) groups is 2. The number of carbonyl (C=O) groups excluding carboxylic acids is 2. The molecule has 0 unspecified atom stereocenters. The molecule has 0 aliphatic carbocycles. The molecule has 0 heterocycles. The number of ether oxygens (including phenoxy) is 1. The fourth-order valence-electron chi connectivity index (χ4n) is 1.32. The van der Waals surface area contributed by atoms with E-state index in [9.17, 15) is 9.59 Å². The third-order valence-electron chi connectivity index (χ3n) is 2.34. The third kappa shape index (κ3) is 4.42. The van der Waals surface area contributed by atoms with Gasteiger partial charge in [-0.15, -0.1) is 0 Å². The van der Waals surface area contributed by atoms with E-state index in [0.717, 1.165) is 0 Å². The fourth-order valence-corrected chi connectivity index (χ4v) is 1.32. The summed E-state index contributed by atoms with van der Waals surface area (Å²) in [5, 5.41) is 11.7. The van der Waals surface area contributed by atoms with Crippen LogP contribution in [0.1, 0.15) is 12.8 Å². The summed E-state index contributed by atoms with van der Waals surface area (Å²) >= 11 is 0. The topological polar surface area (TPSA) is 102 Å². The Morgan fingerprint density at radius 2 is 2.00 bits per heavy atom. The lowest BCUT2D eigenvalue weighted by molar-refractivity contribution is -0.142. The molecule has 0 saturated carbocycles. The first-order valence-corrected chi connectivity index (χ1v) is 5.45. The van der Waals surface area contributed by atoms with Crippen molar-refractivity contribution in [2.24, 2.45) is 5.73 Å². The van der Waals surface area contributed by atoms with E-state index in [1.807, 2.05) is 0 Å². The average molecular weight is 252 g/mol. The number of aromatic hydroxyl groups is 1. The van der Waals surface area contributed by atoms with E-state index in [1.165, 1.54) is 19.2 Å². The molecule has 0 aliphatic heterocycles. The molecule has 18 heavy (non-hydrogen) atoms. The van der Waals surface area contributed by atoms with Crippen molar-refractivity contribution in [3.8, 4) is 5.75 Å². The highest BCUT2D eigenvalue weighted by atomic mass is 16.5. The SMILES string of the molecule is COC(=O)[C@@H](N)CCC(=O)Nc1ccc(O)cc1. The van der Waals surface area contributed by atoms with E-state index in [-0.39, 0.29) is 24.5 Å². The minimum atomic E-state index is -0.791. The molecule has 0 fully saturated rings. The number of esters is 1. The Labute approximate surface area is 105 Å². The molecule has 1 aromatic carbocycles. The van der Waals surface area contributed by atoms with Gasteiger partial charge in [-0.2, -0.15) is 0 Å². The predicted octanol–water partition coefficient (Wildman–Crippen LogP) is 0.611. The zero-order valence-electron chi connectivity index (χ0n) is 10.1. The van der Waals surface area contributed by atoms with Crippen LogP contribution in [0.4, 0.5) is 5.69 Å². The number of amides is 1. The molecule has 4 N–H and O–H groups in total. The van der Waals surface area contributed by atoms with Crippen LogP contribution in [-0.2, 0) is 14.3 Å². The van der Waals surface area contributed by atoms with Gasteiger partial charge in [-0.25, -0.2) is 0 Å². The maximum atomic E-state index is 11.5. The van der Waals surface area contributed by atoms with Gasteiger partial charge >= 0.3 is 5.97 Å². The molecular formula is C12H16N2O4. The molecule has 0 saturated heterocycles. The van der Waals surface area contributed by atoms with Crippen LogP contribution in [0.2, 0.25) is 0 Å². The number of nitrogens with two attached hydrogens (primary N) is 1. The van der Waals surface area contributed by atoms with Gasteiger partial charge in [-0.1, -0.05) is 0 Å². The maximum Gasteiger partial charge on any atom is 0.322 e. The van der Waals surface area contributed by atoms with Crippen molar-refractivity contribution in [1.82, 2.24) is 0 Å². The summed E-state index contributed by atoms with van der Waals surface area (Å²) in [5.41, 5.74) is 6.08. The van der Waals surface area contributed by atoms with Gasteiger partial charge in [-0.3, -0.25) is 9.59 Å². The molecule has 6 heteroatoms. The number of phenolic OH excluding ortho intramolecular Hbond substituents is 1. The Bertz CT molecular complexity index is 417. The molecule has 0 spiro atoms. The van der Waals surface area contributed by atoms with Crippen LogP contribution in [0.25, 0.3) is 0 Å². The van der Waals surface area contributed by atoms with E-state index in [4.69, 9.17) is 10.8 Å². The lowest BCUT2D eigenvalue weighted by Gasteiger charge is -2.09. The van der Waals surface area contributed by atoms with Gasteiger partial charge in [-0.05, 0) is 30.7 Å². The van der Waals surface area contributed by atoms with Gasteiger partial charge < -0.3 is 20.9 Å². The summed E-state index contributed by atoms with van der Waals surface area (Å²) in [5.74, 6) is -0.659. The smallest absolute Gasteiger partial charge is 0.322 e. The quantitative estimate of drug-likeness (QED) is 0.526. The van der Waals surface area contributed by atoms with Crippen LogP contribution in [-0.4, -0.2) is 30.1 Å². The van der Waals surface area contributed by atoms with Gasteiger partial charge in [0.15, 0.2) is 0 Å². The molecule has 0 radical (unpaired) electrons. The number of hydrogen-bond acceptors (Lipinski definition) is 5. The van der Waals surface area contributed by atoms with Gasteiger partial charge in [0.25, 0.3) is 0 Å². The Morgan fingerprint density at radius 3 is 2.56 bits per heavy atom. The van der Waals surface area contributed by atoms with Crippen molar-refractivity contribution >= 4 is 17.6 Å². The van der Waals surface area contributed by atoms with Gasteiger partial charge in [0, 0.05) is 12.1 Å². The Kier molecular flexibility index (Phi) is 5.13. The van der Waals surface area contributed by atoms with Gasteiger partial charge in [0.05, 0.1) is 7.11 Å². The Balaban J connectivity index is 2.38. The van der Waals surface area contributed by atoms with E-state index in [1.54, 1.807) is 12.1 Å².